The number of halogens is 3. The van der Waals surface area contributed by atoms with Gasteiger partial charge < -0.3 is 5.32 Å². The van der Waals surface area contributed by atoms with E-state index in [2.05, 4.69) is 5.32 Å². The van der Waals surface area contributed by atoms with Crippen molar-refractivity contribution in [2.24, 2.45) is 0 Å². The number of hydrogen-bond donors (Lipinski definition) is 1. The van der Waals surface area contributed by atoms with E-state index in [-0.39, 0.29) is 6.04 Å². The third-order valence-electron chi connectivity index (χ3n) is 2.38. The van der Waals surface area contributed by atoms with Crippen molar-refractivity contribution in [1.82, 2.24) is 5.32 Å². The fourth-order valence-corrected chi connectivity index (χ4v) is 1.51. The summed E-state index contributed by atoms with van der Waals surface area (Å²) in [5.41, 5.74) is -0.480. The van der Waals surface area contributed by atoms with E-state index < -0.39 is 28.9 Å². The topological polar surface area (TPSA) is 29.1 Å². The summed E-state index contributed by atoms with van der Waals surface area (Å²) >= 11 is 0. The predicted octanol–water partition coefficient (Wildman–Crippen LogP) is 3.02. The average Bonchev–Trinajstić information content (AvgIpc) is 2.26. The van der Waals surface area contributed by atoms with Crippen LogP contribution in [0.2, 0.25) is 0 Å². The van der Waals surface area contributed by atoms with Crippen LogP contribution in [0, 0.1) is 17.5 Å². The zero-order valence-corrected chi connectivity index (χ0v) is 9.69. The van der Waals surface area contributed by atoms with Gasteiger partial charge in [-0.05, 0) is 25.5 Å². The lowest BCUT2D eigenvalue weighted by Gasteiger charge is -2.13. The summed E-state index contributed by atoms with van der Waals surface area (Å²) in [5, 5.41) is 2.52. The van der Waals surface area contributed by atoms with Gasteiger partial charge in [0.25, 0.3) is 5.91 Å². The molecule has 94 valence electrons. The fourth-order valence-electron chi connectivity index (χ4n) is 1.51. The first-order valence-corrected chi connectivity index (χ1v) is 5.41. The third kappa shape index (κ3) is 3.22. The van der Waals surface area contributed by atoms with E-state index in [1.807, 2.05) is 6.92 Å². The Hall–Kier alpha value is -1.52. The van der Waals surface area contributed by atoms with Crippen LogP contribution in [0.3, 0.4) is 0 Å². The SMILES string of the molecule is CCC[C@@H](C)NC(=O)c1ccc(F)c(F)c1F. The minimum Gasteiger partial charge on any atom is -0.349 e. The Labute approximate surface area is 97.8 Å². The lowest BCUT2D eigenvalue weighted by atomic mass is 10.1. The van der Waals surface area contributed by atoms with Crippen molar-refractivity contribution in [2.75, 3.05) is 0 Å². The van der Waals surface area contributed by atoms with Crippen LogP contribution in [0.5, 0.6) is 0 Å². The van der Waals surface area contributed by atoms with E-state index in [0.717, 1.165) is 25.0 Å². The Morgan fingerprint density at radius 1 is 1.29 bits per heavy atom. The Bertz CT molecular complexity index is 420. The molecule has 0 unspecified atom stereocenters. The summed E-state index contributed by atoms with van der Waals surface area (Å²) < 4.78 is 38.8. The normalized spacial score (nSPS) is 12.3. The van der Waals surface area contributed by atoms with E-state index >= 15 is 0 Å². The van der Waals surface area contributed by atoms with Crippen LogP contribution in [-0.2, 0) is 0 Å². The van der Waals surface area contributed by atoms with Crippen LogP contribution in [0.1, 0.15) is 37.0 Å². The molecule has 0 aromatic heterocycles. The molecule has 0 radical (unpaired) electrons. The van der Waals surface area contributed by atoms with Gasteiger partial charge in [-0.2, -0.15) is 0 Å². The molecule has 0 spiro atoms. The number of amides is 1. The quantitative estimate of drug-likeness (QED) is 0.812. The second kappa shape index (κ2) is 5.70. The van der Waals surface area contributed by atoms with Crippen LogP contribution >= 0.6 is 0 Å². The first-order chi connectivity index (χ1) is 7.97. The highest BCUT2D eigenvalue weighted by molar-refractivity contribution is 5.94. The van der Waals surface area contributed by atoms with Crippen molar-refractivity contribution >= 4 is 5.91 Å². The molecular formula is C12H14F3NO. The van der Waals surface area contributed by atoms with Gasteiger partial charge in [0.15, 0.2) is 17.5 Å². The highest BCUT2D eigenvalue weighted by atomic mass is 19.2. The average molecular weight is 245 g/mol. The van der Waals surface area contributed by atoms with Crippen molar-refractivity contribution in [3.63, 3.8) is 0 Å². The molecule has 1 atom stereocenters. The van der Waals surface area contributed by atoms with E-state index in [0.29, 0.717) is 0 Å². The minimum atomic E-state index is -1.62. The Morgan fingerprint density at radius 3 is 2.53 bits per heavy atom. The van der Waals surface area contributed by atoms with Gasteiger partial charge in [-0.15, -0.1) is 0 Å². The van der Waals surface area contributed by atoms with Crippen molar-refractivity contribution in [3.8, 4) is 0 Å². The summed E-state index contributed by atoms with van der Waals surface area (Å²) in [7, 11) is 0. The molecule has 1 N–H and O–H groups in total. The number of benzene rings is 1. The molecule has 1 aromatic rings. The first kappa shape index (κ1) is 13.5. The monoisotopic (exact) mass is 245 g/mol. The highest BCUT2D eigenvalue weighted by Crippen LogP contribution is 2.15. The fraction of sp³-hybridized carbons (Fsp3) is 0.417. The maximum absolute atomic E-state index is 13.3. The third-order valence-corrected chi connectivity index (χ3v) is 2.38. The first-order valence-electron chi connectivity index (χ1n) is 5.41. The van der Waals surface area contributed by atoms with Gasteiger partial charge in [-0.3, -0.25) is 4.79 Å². The van der Waals surface area contributed by atoms with E-state index in [1.54, 1.807) is 6.92 Å². The molecule has 0 saturated heterocycles. The molecule has 1 rings (SSSR count). The van der Waals surface area contributed by atoms with Crippen molar-refractivity contribution in [3.05, 3.63) is 35.1 Å². The van der Waals surface area contributed by atoms with Crippen molar-refractivity contribution < 1.29 is 18.0 Å². The number of rotatable bonds is 4. The van der Waals surface area contributed by atoms with Crippen molar-refractivity contribution in [1.29, 1.82) is 0 Å². The largest absolute Gasteiger partial charge is 0.349 e. The molecule has 1 amide bonds. The van der Waals surface area contributed by atoms with Gasteiger partial charge in [0, 0.05) is 6.04 Å². The second-order valence-electron chi connectivity index (χ2n) is 3.89. The number of carbonyl (C=O) groups is 1. The van der Waals surface area contributed by atoms with E-state index in [9.17, 15) is 18.0 Å². The lowest BCUT2D eigenvalue weighted by molar-refractivity contribution is 0.0933. The molecule has 0 aliphatic carbocycles. The Balaban J connectivity index is 2.86. The van der Waals surface area contributed by atoms with Gasteiger partial charge in [0.2, 0.25) is 0 Å². The summed E-state index contributed by atoms with van der Waals surface area (Å²) in [6.07, 6.45) is 1.60. The molecular weight excluding hydrogens is 231 g/mol. The van der Waals surface area contributed by atoms with Gasteiger partial charge in [0.05, 0.1) is 5.56 Å². The second-order valence-corrected chi connectivity index (χ2v) is 3.89. The highest BCUT2D eigenvalue weighted by Gasteiger charge is 2.19. The summed E-state index contributed by atoms with van der Waals surface area (Å²) in [4.78, 5) is 11.6. The van der Waals surface area contributed by atoms with Crippen LogP contribution in [0.25, 0.3) is 0 Å². The molecule has 2 nitrogen and oxygen atoms in total. The molecule has 0 fully saturated rings. The van der Waals surface area contributed by atoms with Crippen LogP contribution < -0.4 is 5.32 Å². The van der Waals surface area contributed by atoms with Crippen LogP contribution in [0.4, 0.5) is 13.2 Å². The summed E-state index contributed by atoms with van der Waals surface area (Å²) in [5.74, 6) is -5.12. The molecule has 0 heterocycles. The van der Waals surface area contributed by atoms with Gasteiger partial charge >= 0.3 is 0 Å². The predicted molar refractivity (Wildman–Crippen MR) is 58.2 cm³/mol. The van der Waals surface area contributed by atoms with Gasteiger partial charge in [-0.25, -0.2) is 13.2 Å². The Morgan fingerprint density at radius 2 is 1.94 bits per heavy atom. The summed E-state index contributed by atoms with van der Waals surface area (Å²) in [6.45, 7) is 3.71. The Kier molecular flexibility index (Phi) is 4.54. The number of hydrogen-bond acceptors (Lipinski definition) is 1. The minimum absolute atomic E-state index is 0.139. The van der Waals surface area contributed by atoms with Crippen molar-refractivity contribution in [2.45, 2.75) is 32.7 Å². The molecule has 1 aromatic carbocycles. The van der Waals surface area contributed by atoms with Crippen LogP contribution in [0.15, 0.2) is 12.1 Å². The standard InChI is InChI=1S/C12H14F3NO/c1-3-4-7(2)16-12(17)8-5-6-9(13)11(15)10(8)14/h5-7H,3-4H2,1-2H3,(H,16,17)/t7-/m1/s1. The molecule has 0 saturated carbocycles. The molecule has 17 heavy (non-hydrogen) atoms. The zero-order chi connectivity index (χ0) is 13.0. The molecule has 5 heteroatoms. The van der Waals surface area contributed by atoms with Gasteiger partial charge in [0.1, 0.15) is 0 Å². The molecule has 0 aliphatic heterocycles. The molecule has 0 aliphatic rings. The summed E-state index contributed by atoms with van der Waals surface area (Å²) in [6, 6.07) is 1.53. The number of carbonyl (C=O) groups excluding carboxylic acids is 1. The lowest BCUT2D eigenvalue weighted by Crippen LogP contribution is -2.33. The van der Waals surface area contributed by atoms with E-state index in [4.69, 9.17) is 0 Å². The van der Waals surface area contributed by atoms with E-state index in [1.165, 1.54) is 0 Å². The molecule has 0 bridgehead atoms. The zero-order valence-electron chi connectivity index (χ0n) is 9.69. The van der Waals surface area contributed by atoms with Gasteiger partial charge in [-0.1, -0.05) is 13.3 Å². The smallest absolute Gasteiger partial charge is 0.254 e. The van der Waals surface area contributed by atoms with Crippen LogP contribution in [-0.4, -0.2) is 11.9 Å². The number of nitrogens with one attached hydrogen (secondary N) is 1. The maximum atomic E-state index is 13.3. The maximum Gasteiger partial charge on any atom is 0.254 e.